The number of esters is 1. The van der Waals surface area contributed by atoms with Crippen molar-refractivity contribution in [3.05, 3.63) is 48.1 Å². The average Bonchev–Trinajstić information content (AvgIpc) is 1.69. The van der Waals surface area contributed by atoms with Crippen molar-refractivity contribution in [3.63, 3.8) is 0 Å². The van der Waals surface area contributed by atoms with Gasteiger partial charge in [-0.05, 0) is 194 Å². The minimum atomic E-state index is -0.408. The van der Waals surface area contributed by atoms with Gasteiger partial charge < -0.3 is 4.74 Å². The van der Waals surface area contributed by atoms with Gasteiger partial charge >= 0.3 is 5.97 Å². The number of rotatable bonds is 62. The summed E-state index contributed by atoms with van der Waals surface area (Å²) in [7, 11) is 0. The first kappa shape index (κ1) is 83.2. The molecule has 0 N–H and O–H groups in total. The van der Waals surface area contributed by atoms with Gasteiger partial charge in [0.1, 0.15) is 17.7 Å². The largest absolute Gasteiger partial charge is 0.462 e. The molecule has 538 valence electrons. The average molecular weight is 1290 g/mol. The second kappa shape index (κ2) is 53.7. The number of Topliss-reactive ketones (excluding diaryl/α,β-unsaturated/α-hetero) is 2. The number of carbonyl (C=O) groups is 3. The highest BCUT2D eigenvalue weighted by Gasteiger charge is 2.59. The Labute approximate surface area is 580 Å². The number of ketones is 2. The van der Waals surface area contributed by atoms with Crippen molar-refractivity contribution >= 4 is 17.5 Å². The minimum absolute atomic E-state index is 0.0337. The van der Waals surface area contributed by atoms with Crippen LogP contribution in [0.25, 0.3) is 0 Å². The summed E-state index contributed by atoms with van der Waals surface area (Å²) >= 11 is 0. The van der Waals surface area contributed by atoms with Crippen molar-refractivity contribution in [2.75, 3.05) is 0 Å². The zero-order valence-electron chi connectivity index (χ0n) is 63.4. The standard InChI is InChI=1S/C89H158O4/c1-8-11-14-17-20-23-26-29-32-34-36-38-41-43-46-49-52-55-58-64-84(90)87(85(91)65-59-56-53-50-47-44-42-39-37-35-33-30-27-24-21-18-15-12-9-2)77(5)63-61-62-76(4)81-69-70-82-80-68-67-78-75-79(71-73-88(78,6)83(80)72-74-89(81,82)7)93-86(92)66-60-57-54-51-48-45-40-31-28-25-22-19-16-13-10-3/h29-33,40,67,76-77,79-83,87H,8-28,34-39,41-66,68-75H2,1-7H3/b32-29-,33-30-,40-31-/t76-,77?,79+,80+,81-,82+,83+,88+,89-/m1/s1. The number of fused-ring (bicyclic) bond motifs is 5. The van der Waals surface area contributed by atoms with E-state index in [2.05, 4.69) is 91.0 Å². The molecular weight excluding hydrogens is 1130 g/mol. The Kier molecular flexibility index (Phi) is 48.0. The molecule has 4 aliphatic rings. The maximum atomic E-state index is 14.3. The summed E-state index contributed by atoms with van der Waals surface area (Å²) in [5.41, 5.74) is 2.25. The summed E-state index contributed by atoms with van der Waals surface area (Å²) in [5.74, 6) is 4.01. The molecule has 0 aromatic carbocycles. The lowest BCUT2D eigenvalue weighted by atomic mass is 9.47. The molecule has 3 saturated carbocycles. The first-order valence-electron chi connectivity index (χ1n) is 42.4. The van der Waals surface area contributed by atoms with E-state index < -0.39 is 5.92 Å². The van der Waals surface area contributed by atoms with Gasteiger partial charge in [-0.25, -0.2) is 0 Å². The lowest BCUT2D eigenvalue weighted by Crippen LogP contribution is -2.51. The highest BCUT2D eigenvalue weighted by molar-refractivity contribution is 6.02. The van der Waals surface area contributed by atoms with Crippen LogP contribution >= 0.6 is 0 Å². The first-order chi connectivity index (χ1) is 45.5. The van der Waals surface area contributed by atoms with Crippen LogP contribution in [-0.4, -0.2) is 23.6 Å². The molecule has 0 spiro atoms. The van der Waals surface area contributed by atoms with E-state index >= 15 is 0 Å². The van der Waals surface area contributed by atoms with E-state index in [9.17, 15) is 14.4 Å². The van der Waals surface area contributed by atoms with Crippen LogP contribution < -0.4 is 0 Å². The third-order valence-corrected chi connectivity index (χ3v) is 24.7. The molecule has 93 heavy (non-hydrogen) atoms. The molecule has 0 aromatic heterocycles. The fraction of sp³-hybridized carbons (Fsp3) is 0.876. The molecule has 0 amide bonds. The van der Waals surface area contributed by atoms with Crippen molar-refractivity contribution < 1.29 is 19.1 Å². The van der Waals surface area contributed by atoms with Gasteiger partial charge in [-0.3, -0.25) is 14.4 Å². The van der Waals surface area contributed by atoms with Crippen LogP contribution in [0.4, 0.5) is 0 Å². The zero-order chi connectivity index (χ0) is 66.7. The Bertz CT molecular complexity index is 1910. The Morgan fingerprint density at radius 3 is 1.22 bits per heavy atom. The van der Waals surface area contributed by atoms with E-state index in [1.165, 1.54) is 302 Å². The summed E-state index contributed by atoms with van der Waals surface area (Å²) in [6.45, 7) is 17.0. The van der Waals surface area contributed by atoms with Crippen LogP contribution in [0, 0.1) is 52.3 Å². The second-order valence-electron chi connectivity index (χ2n) is 32.5. The Morgan fingerprint density at radius 1 is 0.430 bits per heavy atom. The van der Waals surface area contributed by atoms with Gasteiger partial charge in [0.15, 0.2) is 0 Å². The lowest BCUT2D eigenvalue weighted by molar-refractivity contribution is -0.151. The molecule has 4 rings (SSSR count). The molecule has 0 heterocycles. The molecule has 3 fully saturated rings. The van der Waals surface area contributed by atoms with Gasteiger partial charge in [0.2, 0.25) is 0 Å². The number of ether oxygens (including phenoxy) is 1. The normalized spacial score (nSPS) is 22.8. The zero-order valence-corrected chi connectivity index (χ0v) is 63.4. The van der Waals surface area contributed by atoms with Gasteiger partial charge in [-0.15, -0.1) is 0 Å². The molecule has 1 unspecified atom stereocenters. The second-order valence-corrected chi connectivity index (χ2v) is 32.5. The topological polar surface area (TPSA) is 60.4 Å². The number of allylic oxidation sites excluding steroid dienone is 7. The van der Waals surface area contributed by atoms with Crippen LogP contribution in [0.5, 0.6) is 0 Å². The molecule has 0 aromatic rings. The van der Waals surface area contributed by atoms with Crippen LogP contribution in [0.1, 0.15) is 440 Å². The highest BCUT2D eigenvalue weighted by atomic mass is 16.5. The van der Waals surface area contributed by atoms with E-state index in [1.54, 1.807) is 5.57 Å². The SMILES string of the molecule is CCCCCCCC/C=C\CCCCCCCCCCCC(=O)C(C(=O)CCCCCCCCCCC/C=C\CCCCCCCC)C(C)CCC[C@@H](C)[C@H]1CC[C@H]2[C@@H]3CC=C4C[C@@H](OC(=O)CCCCCCC/C=C\CCCCCCCC)CC[C@]4(C)[C@H]3CC[C@]12C. The highest BCUT2D eigenvalue weighted by Crippen LogP contribution is 2.67. The summed E-state index contributed by atoms with van der Waals surface area (Å²) < 4.78 is 6.24. The summed E-state index contributed by atoms with van der Waals surface area (Å²) in [6, 6.07) is 0. The number of hydrogen-bond acceptors (Lipinski definition) is 4. The predicted octanol–water partition coefficient (Wildman–Crippen LogP) is 28.9. The van der Waals surface area contributed by atoms with Gasteiger partial charge in [0, 0.05) is 25.7 Å². The van der Waals surface area contributed by atoms with Crippen molar-refractivity contribution in [2.45, 2.75) is 446 Å². The van der Waals surface area contributed by atoms with Gasteiger partial charge in [-0.1, -0.05) is 315 Å². The van der Waals surface area contributed by atoms with Crippen molar-refractivity contribution in [1.82, 2.24) is 0 Å². The van der Waals surface area contributed by atoms with E-state index in [0.29, 0.717) is 30.6 Å². The fourth-order valence-corrected chi connectivity index (χ4v) is 18.7. The van der Waals surface area contributed by atoms with Crippen molar-refractivity contribution in [3.8, 4) is 0 Å². The molecule has 0 saturated heterocycles. The molecule has 4 heteroatoms. The predicted molar refractivity (Wildman–Crippen MR) is 406 cm³/mol. The Hall–Kier alpha value is -2.23. The summed E-state index contributed by atoms with van der Waals surface area (Å²) in [5, 5.41) is 0. The third-order valence-electron chi connectivity index (χ3n) is 24.7. The summed E-state index contributed by atoms with van der Waals surface area (Å²) in [4.78, 5) is 41.7. The summed E-state index contributed by atoms with van der Waals surface area (Å²) in [6.07, 6.45) is 92.7. The van der Waals surface area contributed by atoms with Gasteiger partial charge in [-0.2, -0.15) is 0 Å². The smallest absolute Gasteiger partial charge is 0.306 e. The van der Waals surface area contributed by atoms with Crippen LogP contribution in [-0.2, 0) is 19.1 Å². The number of unbranched alkanes of at least 4 members (excludes halogenated alkanes) is 41. The molecule has 9 atom stereocenters. The lowest BCUT2D eigenvalue weighted by Gasteiger charge is -2.58. The maximum absolute atomic E-state index is 14.3. The maximum Gasteiger partial charge on any atom is 0.306 e. The monoisotopic (exact) mass is 1290 g/mol. The van der Waals surface area contributed by atoms with Crippen LogP contribution in [0.3, 0.4) is 0 Å². The molecule has 4 nitrogen and oxygen atoms in total. The third kappa shape index (κ3) is 34.9. The van der Waals surface area contributed by atoms with E-state index in [1.807, 2.05) is 0 Å². The first-order valence-corrected chi connectivity index (χ1v) is 42.4. The molecular formula is C89H158O4. The van der Waals surface area contributed by atoms with E-state index in [4.69, 9.17) is 4.74 Å². The molecule has 4 aliphatic carbocycles. The molecule has 0 bridgehead atoms. The van der Waals surface area contributed by atoms with E-state index in [0.717, 1.165) is 94.3 Å². The molecule has 0 radical (unpaired) electrons. The number of hydrogen-bond donors (Lipinski definition) is 0. The molecule has 0 aliphatic heterocycles. The quantitative estimate of drug-likeness (QED) is 0.0264. The van der Waals surface area contributed by atoms with Gasteiger partial charge in [0.25, 0.3) is 0 Å². The van der Waals surface area contributed by atoms with Crippen molar-refractivity contribution in [2.24, 2.45) is 52.3 Å². The Balaban J connectivity index is 1.15. The van der Waals surface area contributed by atoms with Crippen molar-refractivity contribution in [1.29, 1.82) is 0 Å². The number of carbonyl (C=O) groups excluding carboxylic acids is 3. The fourth-order valence-electron chi connectivity index (χ4n) is 18.7. The van der Waals surface area contributed by atoms with E-state index in [-0.39, 0.29) is 35.0 Å². The minimum Gasteiger partial charge on any atom is -0.462 e. The van der Waals surface area contributed by atoms with Crippen LogP contribution in [0.15, 0.2) is 48.1 Å². The Morgan fingerprint density at radius 2 is 0.806 bits per heavy atom. The van der Waals surface area contributed by atoms with Crippen LogP contribution in [0.2, 0.25) is 0 Å². The van der Waals surface area contributed by atoms with Gasteiger partial charge in [0.05, 0.1) is 5.92 Å².